The number of pyridine rings is 1. The average Bonchev–Trinajstić information content (AvgIpc) is 2.36. The molecule has 0 aromatic carbocycles. The van der Waals surface area contributed by atoms with Crippen LogP contribution >= 0.6 is 0 Å². The van der Waals surface area contributed by atoms with E-state index in [-0.39, 0.29) is 17.6 Å². The molecule has 7 heteroatoms. The number of nitro groups is 1. The monoisotopic (exact) mass is 254 g/mol. The minimum Gasteiger partial charge on any atom is -0.380 e. The van der Waals surface area contributed by atoms with Gasteiger partial charge in [-0.05, 0) is 19.9 Å². The van der Waals surface area contributed by atoms with Gasteiger partial charge >= 0.3 is 5.69 Å². The third kappa shape index (κ3) is 3.85. The predicted octanol–water partition coefficient (Wildman–Crippen LogP) is 1.87. The molecule has 0 radical (unpaired) electrons. The smallest absolute Gasteiger partial charge is 0.311 e. The van der Waals surface area contributed by atoms with Crippen molar-refractivity contribution in [1.29, 1.82) is 0 Å². The fraction of sp³-hybridized carbons (Fsp3) is 0.545. The van der Waals surface area contributed by atoms with Gasteiger partial charge in [0.1, 0.15) is 5.82 Å². The van der Waals surface area contributed by atoms with Gasteiger partial charge in [0.2, 0.25) is 5.82 Å². The molecule has 0 spiro atoms. The standard InChI is InChI=1S/C11H18N4O3/c1-4-12-10-6-5-9(15(16)17)11(14-10)13-7-8(2)18-3/h5-6,8H,4,7H2,1-3H3,(H2,12,13,14). The topological polar surface area (TPSA) is 89.3 Å². The highest BCUT2D eigenvalue weighted by molar-refractivity contribution is 5.60. The Bertz CT molecular complexity index is 411. The van der Waals surface area contributed by atoms with Crippen LogP contribution in [0, 0.1) is 10.1 Å². The van der Waals surface area contributed by atoms with Crippen molar-refractivity contribution in [3.05, 3.63) is 22.2 Å². The highest BCUT2D eigenvalue weighted by Crippen LogP contribution is 2.23. The number of nitrogens with zero attached hydrogens (tertiary/aromatic N) is 2. The maximum absolute atomic E-state index is 10.9. The Morgan fingerprint density at radius 3 is 2.78 bits per heavy atom. The van der Waals surface area contributed by atoms with Crippen molar-refractivity contribution < 1.29 is 9.66 Å². The Morgan fingerprint density at radius 2 is 2.22 bits per heavy atom. The van der Waals surface area contributed by atoms with E-state index in [9.17, 15) is 10.1 Å². The molecule has 2 N–H and O–H groups in total. The number of nitrogens with one attached hydrogen (secondary N) is 2. The van der Waals surface area contributed by atoms with E-state index in [2.05, 4.69) is 15.6 Å². The molecule has 0 fully saturated rings. The molecule has 0 saturated carbocycles. The van der Waals surface area contributed by atoms with Crippen LogP contribution in [0.25, 0.3) is 0 Å². The van der Waals surface area contributed by atoms with Gasteiger partial charge in [-0.1, -0.05) is 0 Å². The summed E-state index contributed by atoms with van der Waals surface area (Å²) < 4.78 is 5.07. The zero-order valence-electron chi connectivity index (χ0n) is 10.8. The number of rotatable bonds is 7. The van der Waals surface area contributed by atoms with E-state index in [4.69, 9.17) is 4.74 Å². The van der Waals surface area contributed by atoms with Crippen LogP contribution in [0.4, 0.5) is 17.3 Å². The van der Waals surface area contributed by atoms with Gasteiger partial charge < -0.3 is 15.4 Å². The third-order valence-corrected chi connectivity index (χ3v) is 2.39. The zero-order valence-corrected chi connectivity index (χ0v) is 10.8. The number of methoxy groups -OCH3 is 1. The van der Waals surface area contributed by atoms with Crippen LogP contribution in [0.5, 0.6) is 0 Å². The molecule has 0 aliphatic heterocycles. The predicted molar refractivity (Wildman–Crippen MR) is 70.0 cm³/mol. The fourth-order valence-electron chi connectivity index (χ4n) is 1.33. The second-order valence-corrected chi connectivity index (χ2v) is 3.78. The Balaban J connectivity index is 2.89. The van der Waals surface area contributed by atoms with Gasteiger partial charge in [0, 0.05) is 26.3 Å². The van der Waals surface area contributed by atoms with E-state index in [1.165, 1.54) is 6.07 Å². The molecule has 0 saturated heterocycles. The first-order chi connectivity index (χ1) is 8.58. The SMILES string of the molecule is CCNc1ccc([N+](=O)[O-])c(NCC(C)OC)n1. The van der Waals surface area contributed by atoms with Crippen molar-refractivity contribution in [2.24, 2.45) is 0 Å². The van der Waals surface area contributed by atoms with Gasteiger partial charge in [0.05, 0.1) is 11.0 Å². The lowest BCUT2D eigenvalue weighted by Crippen LogP contribution is -2.19. The van der Waals surface area contributed by atoms with Crippen LogP contribution in [0.2, 0.25) is 0 Å². The summed E-state index contributed by atoms with van der Waals surface area (Å²) in [5.41, 5.74) is -0.0417. The van der Waals surface area contributed by atoms with E-state index in [1.807, 2.05) is 13.8 Å². The van der Waals surface area contributed by atoms with Crippen LogP contribution in [-0.4, -0.2) is 36.2 Å². The average molecular weight is 254 g/mol. The van der Waals surface area contributed by atoms with E-state index in [1.54, 1.807) is 13.2 Å². The Morgan fingerprint density at radius 1 is 1.50 bits per heavy atom. The lowest BCUT2D eigenvalue weighted by molar-refractivity contribution is -0.384. The van der Waals surface area contributed by atoms with Crippen molar-refractivity contribution in [2.75, 3.05) is 30.8 Å². The summed E-state index contributed by atoms with van der Waals surface area (Å²) in [6, 6.07) is 3.03. The van der Waals surface area contributed by atoms with Crippen molar-refractivity contribution in [1.82, 2.24) is 4.98 Å². The number of hydrogen-bond donors (Lipinski definition) is 2. The lowest BCUT2D eigenvalue weighted by Gasteiger charge is -2.12. The fourth-order valence-corrected chi connectivity index (χ4v) is 1.33. The number of aromatic nitrogens is 1. The van der Waals surface area contributed by atoms with Gasteiger partial charge in [0.25, 0.3) is 0 Å². The molecular weight excluding hydrogens is 236 g/mol. The highest BCUT2D eigenvalue weighted by Gasteiger charge is 2.16. The molecule has 18 heavy (non-hydrogen) atoms. The highest BCUT2D eigenvalue weighted by atomic mass is 16.6. The second-order valence-electron chi connectivity index (χ2n) is 3.78. The summed E-state index contributed by atoms with van der Waals surface area (Å²) in [6.45, 7) is 4.97. The molecule has 0 aliphatic rings. The lowest BCUT2D eigenvalue weighted by atomic mass is 10.3. The molecule has 1 aromatic heterocycles. The van der Waals surface area contributed by atoms with Crippen molar-refractivity contribution in [3.8, 4) is 0 Å². The van der Waals surface area contributed by atoms with E-state index in [0.29, 0.717) is 18.9 Å². The molecule has 7 nitrogen and oxygen atoms in total. The van der Waals surface area contributed by atoms with Crippen molar-refractivity contribution >= 4 is 17.3 Å². The molecule has 1 unspecified atom stereocenters. The van der Waals surface area contributed by atoms with Gasteiger partial charge in [0.15, 0.2) is 0 Å². The molecule has 1 heterocycles. The van der Waals surface area contributed by atoms with Gasteiger partial charge in [-0.25, -0.2) is 4.98 Å². The van der Waals surface area contributed by atoms with Crippen LogP contribution in [-0.2, 0) is 4.74 Å². The normalized spacial score (nSPS) is 11.9. The molecular formula is C11H18N4O3. The second kappa shape index (κ2) is 6.75. The van der Waals surface area contributed by atoms with Crippen LogP contribution in [0.3, 0.4) is 0 Å². The Hall–Kier alpha value is -1.89. The summed E-state index contributed by atoms with van der Waals surface area (Å²) in [5, 5.41) is 16.8. The van der Waals surface area contributed by atoms with Crippen LogP contribution in [0.15, 0.2) is 12.1 Å². The van der Waals surface area contributed by atoms with E-state index >= 15 is 0 Å². The summed E-state index contributed by atoms with van der Waals surface area (Å²) in [5.74, 6) is 0.859. The quantitative estimate of drug-likeness (QED) is 0.570. The van der Waals surface area contributed by atoms with Gasteiger partial charge in [-0.2, -0.15) is 0 Å². The summed E-state index contributed by atoms with van der Waals surface area (Å²) in [7, 11) is 1.59. The third-order valence-electron chi connectivity index (χ3n) is 2.39. The molecule has 0 amide bonds. The first kappa shape index (κ1) is 14.2. The minimum absolute atomic E-state index is 0.0417. The number of ether oxygens (including phenoxy) is 1. The van der Waals surface area contributed by atoms with Crippen molar-refractivity contribution in [3.63, 3.8) is 0 Å². The van der Waals surface area contributed by atoms with Crippen LogP contribution in [0.1, 0.15) is 13.8 Å². The molecule has 1 atom stereocenters. The largest absolute Gasteiger partial charge is 0.380 e. The maximum Gasteiger partial charge on any atom is 0.311 e. The van der Waals surface area contributed by atoms with E-state index in [0.717, 1.165) is 0 Å². The Kier molecular flexibility index (Phi) is 5.31. The molecule has 100 valence electrons. The first-order valence-corrected chi connectivity index (χ1v) is 5.74. The van der Waals surface area contributed by atoms with E-state index < -0.39 is 4.92 Å². The summed E-state index contributed by atoms with van der Waals surface area (Å²) in [6.07, 6.45) is -0.0470. The van der Waals surface area contributed by atoms with Crippen LogP contribution < -0.4 is 10.6 Å². The summed E-state index contributed by atoms with van der Waals surface area (Å²) >= 11 is 0. The van der Waals surface area contributed by atoms with Gasteiger partial charge in [-0.15, -0.1) is 0 Å². The molecule has 1 rings (SSSR count). The minimum atomic E-state index is -0.456. The maximum atomic E-state index is 10.9. The molecule has 0 bridgehead atoms. The molecule has 1 aromatic rings. The first-order valence-electron chi connectivity index (χ1n) is 5.74. The molecule has 0 aliphatic carbocycles. The summed E-state index contributed by atoms with van der Waals surface area (Å²) in [4.78, 5) is 14.6. The number of anilines is 2. The Labute approximate surface area is 106 Å². The number of hydrogen-bond acceptors (Lipinski definition) is 6. The van der Waals surface area contributed by atoms with Crippen molar-refractivity contribution in [2.45, 2.75) is 20.0 Å². The van der Waals surface area contributed by atoms with Gasteiger partial charge in [-0.3, -0.25) is 10.1 Å². The zero-order chi connectivity index (χ0) is 13.5.